The molecule has 1 aromatic carbocycles. The number of nitrogens with one attached hydrogen (secondary N) is 2. The van der Waals surface area contributed by atoms with Crippen LogP contribution in [0.1, 0.15) is 18.9 Å². The van der Waals surface area contributed by atoms with Crippen molar-refractivity contribution in [1.29, 1.82) is 0 Å². The molecule has 0 spiro atoms. The van der Waals surface area contributed by atoms with Crippen LogP contribution in [0.2, 0.25) is 0 Å². The summed E-state index contributed by atoms with van der Waals surface area (Å²) in [6.07, 6.45) is -3.37. The van der Waals surface area contributed by atoms with E-state index < -0.39 is 6.36 Å². The van der Waals surface area contributed by atoms with Crippen LogP contribution in [0.5, 0.6) is 5.75 Å². The summed E-state index contributed by atoms with van der Waals surface area (Å²) in [5, 5.41) is 15.9. The molecular formula is C18H29F3IN3O3. The van der Waals surface area contributed by atoms with Crippen molar-refractivity contribution in [1.82, 2.24) is 10.6 Å². The van der Waals surface area contributed by atoms with Gasteiger partial charge >= 0.3 is 6.36 Å². The number of rotatable bonds is 11. The summed E-state index contributed by atoms with van der Waals surface area (Å²) in [6.45, 7) is 4.34. The van der Waals surface area contributed by atoms with Crippen molar-refractivity contribution in [2.45, 2.75) is 26.1 Å². The van der Waals surface area contributed by atoms with Crippen molar-refractivity contribution in [2.75, 3.05) is 40.0 Å². The van der Waals surface area contributed by atoms with Gasteiger partial charge in [-0.3, -0.25) is 4.99 Å². The number of aliphatic imine (C=N–C) groups is 1. The van der Waals surface area contributed by atoms with Crippen LogP contribution in [0.3, 0.4) is 0 Å². The second-order valence-corrected chi connectivity index (χ2v) is 5.94. The molecule has 0 aliphatic rings. The van der Waals surface area contributed by atoms with Gasteiger partial charge in [-0.2, -0.15) is 0 Å². The Morgan fingerprint density at radius 1 is 1.21 bits per heavy atom. The molecular weight excluding hydrogens is 490 g/mol. The molecule has 0 bridgehead atoms. The van der Waals surface area contributed by atoms with Gasteiger partial charge in [0.1, 0.15) is 5.75 Å². The van der Waals surface area contributed by atoms with Crippen LogP contribution in [0.15, 0.2) is 29.3 Å². The molecule has 0 aliphatic carbocycles. The van der Waals surface area contributed by atoms with Gasteiger partial charge in [0.25, 0.3) is 0 Å². The Bertz CT molecular complexity index is 557. The number of hydrogen-bond acceptors (Lipinski definition) is 4. The zero-order valence-corrected chi connectivity index (χ0v) is 18.4. The summed E-state index contributed by atoms with van der Waals surface area (Å²) in [4.78, 5) is 4.46. The summed E-state index contributed by atoms with van der Waals surface area (Å²) in [5.74, 6) is 0.245. The van der Waals surface area contributed by atoms with E-state index in [9.17, 15) is 18.3 Å². The molecule has 0 radical (unpaired) electrons. The maximum Gasteiger partial charge on any atom is 0.573 e. The van der Waals surface area contributed by atoms with E-state index in [1.165, 1.54) is 12.1 Å². The van der Waals surface area contributed by atoms with Crippen LogP contribution < -0.4 is 15.4 Å². The Balaban J connectivity index is 0.00000729. The molecule has 0 saturated heterocycles. The third kappa shape index (κ3) is 12.2. The number of guanidine groups is 1. The molecule has 6 nitrogen and oxygen atoms in total. The number of halogens is 4. The van der Waals surface area contributed by atoms with Crippen LogP contribution in [0.4, 0.5) is 13.2 Å². The molecule has 0 amide bonds. The number of nitrogens with zero attached hydrogens (tertiary/aromatic N) is 1. The summed E-state index contributed by atoms with van der Waals surface area (Å²) in [6, 6.07) is 5.65. The minimum Gasteiger partial charge on any atom is -0.406 e. The molecule has 28 heavy (non-hydrogen) atoms. The topological polar surface area (TPSA) is 75.1 Å². The number of hydrogen-bond donors (Lipinski definition) is 3. The lowest BCUT2D eigenvalue weighted by atomic mass is 10.0. The average Bonchev–Trinajstić information content (AvgIpc) is 2.62. The van der Waals surface area contributed by atoms with Gasteiger partial charge in [0.2, 0.25) is 0 Å². The number of methoxy groups -OCH3 is 1. The predicted octanol–water partition coefficient (Wildman–Crippen LogP) is 2.95. The Hall–Kier alpha value is -1.27. The summed E-state index contributed by atoms with van der Waals surface area (Å²) >= 11 is 0. The van der Waals surface area contributed by atoms with E-state index in [1.807, 2.05) is 6.92 Å². The molecule has 1 rings (SSSR count). The average molecular weight is 519 g/mol. The molecule has 0 fully saturated rings. The molecule has 162 valence electrons. The minimum absolute atomic E-state index is 0. The second kappa shape index (κ2) is 14.7. The normalized spacial score (nSPS) is 12.9. The molecule has 0 aromatic heterocycles. The molecule has 0 heterocycles. The highest BCUT2D eigenvalue weighted by molar-refractivity contribution is 14.0. The summed E-state index contributed by atoms with van der Waals surface area (Å²) < 4.78 is 45.4. The summed E-state index contributed by atoms with van der Waals surface area (Å²) in [7, 11) is 1.65. The third-order valence-corrected chi connectivity index (χ3v) is 3.61. The highest BCUT2D eigenvalue weighted by atomic mass is 127. The fraction of sp³-hybridized carbons (Fsp3) is 0.611. The lowest BCUT2D eigenvalue weighted by Crippen LogP contribution is -2.38. The van der Waals surface area contributed by atoms with Crippen LogP contribution >= 0.6 is 24.0 Å². The Morgan fingerprint density at radius 3 is 2.43 bits per heavy atom. The summed E-state index contributed by atoms with van der Waals surface area (Å²) in [5.41, 5.74) is 0.803. The van der Waals surface area contributed by atoms with Crippen LogP contribution in [0.25, 0.3) is 0 Å². The van der Waals surface area contributed by atoms with Gasteiger partial charge in [0.15, 0.2) is 5.96 Å². The largest absolute Gasteiger partial charge is 0.573 e. The molecule has 10 heteroatoms. The first-order valence-corrected chi connectivity index (χ1v) is 8.84. The van der Waals surface area contributed by atoms with E-state index in [-0.39, 0.29) is 42.3 Å². The Kier molecular flexibility index (Phi) is 14.0. The highest BCUT2D eigenvalue weighted by Gasteiger charge is 2.30. The van der Waals surface area contributed by atoms with Crippen molar-refractivity contribution in [3.63, 3.8) is 0 Å². The Morgan fingerprint density at radius 2 is 1.89 bits per heavy atom. The number of ether oxygens (including phenoxy) is 2. The standard InChI is InChI=1S/C18H28F3N3O3.HI/c1-3-22-17(23-9-4-10-26-2)24-12-15(13-25)11-14-5-7-16(8-6-14)27-18(19,20)21;/h5-8,15,25H,3-4,9-13H2,1-2H3,(H2,22,23,24);1H. The monoisotopic (exact) mass is 519 g/mol. The number of aliphatic hydroxyl groups is 1. The van der Waals surface area contributed by atoms with Crippen molar-refractivity contribution < 1.29 is 27.8 Å². The number of aliphatic hydroxyl groups excluding tert-OH is 1. The Labute approximate surface area is 180 Å². The van der Waals surface area contributed by atoms with Gasteiger partial charge in [-0.05, 0) is 37.5 Å². The first-order valence-electron chi connectivity index (χ1n) is 8.84. The van der Waals surface area contributed by atoms with Crippen LogP contribution in [-0.4, -0.2) is 57.4 Å². The van der Waals surface area contributed by atoms with Crippen molar-refractivity contribution in [3.05, 3.63) is 29.8 Å². The van der Waals surface area contributed by atoms with Crippen LogP contribution in [-0.2, 0) is 11.2 Å². The predicted molar refractivity (Wildman–Crippen MR) is 113 cm³/mol. The molecule has 1 atom stereocenters. The zero-order valence-electron chi connectivity index (χ0n) is 16.1. The van der Waals surface area contributed by atoms with E-state index in [4.69, 9.17) is 4.74 Å². The first kappa shape index (κ1) is 26.7. The van der Waals surface area contributed by atoms with E-state index in [2.05, 4.69) is 20.4 Å². The van der Waals surface area contributed by atoms with Crippen molar-refractivity contribution in [3.8, 4) is 5.75 Å². The van der Waals surface area contributed by atoms with Gasteiger partial charge < -0.3 is 25.2 Å². The van der Waals surface area contributed by atoms with Gasteiger partial charge in [-0.1, -0.05) is 12.1 Å². The fourth-order valence-electron chi connectivity index (χ4n) is 2.33. The maximum atomic E-state index is 12.2. The molecule has 1 aromatic rings. The zero-order chi connectivity index (χ0) is 20.1. The van der Waals surface area contributed by atoms with E-state index in [0.29, 0.717) is 38.6 Å². The third-order valence-electron chi connectivity index (χ3n) is 3.61. The minimum atomic E-state index is -4.71. The molecule has 0 aliphatic heterocycles. The van der Waals surface area contributed by atoms with E-state index in [1.54, 1.807) is 19.2 Å². The fourth-order valence-corrected chi connectivity index (χ4v) is 2.33. The lowest BCUT2D eigenvalue weighted by molar-refractivity contribution is -0.274. The quantitative estimate of drug-likeness (QED) is 0.182. The second-order valence-electron chi connectivity index (χ2n) is 5.94. The van der Waals surface area contributed by atoms with E-state index >= 15 is 0 Å². The van der Waals surface area contributed by atoms with Crippen molar-refractivity contribution >= 4 is 29.9 Å². The smallest absolute Gasteiger partial charge is 0.406 e. The SMILES string of the molecule is CCNC(=NCC(CO)Cc1ccc(OC(F)(F)F)cc1)NCCCOC.I. The number of alkyl halides is 3. The molecule has 3 N–H and O–H groups in total. The molecule has 1 unspecified atom stereocenters. The maximum absolute atomic E-state index is 12.2. The van der Waals surface area contributed by atoms with Crippen LogP contribution in [0, 0.1) is 5.92 Å². The lowest BCUT2D eigenvalue weighted by Gasteiger charge is -2.15. The van der Waals surface area contributed by atoms with Gasteiger partial charge in [-0.25, -0.2) is 0 Å². The van der Waals surface area contributed by atoms with Gasteiger partial charge in [0.05, 0.1) is 0 Å². The van der Waals surface area contributed by atoms with Gasteiger partial charge in [-0.15, -0.1) is 37.1 Å². The molecule has 0 saturated carbocycles. The first-order chi connectivity index (χ1) is 12.9. The number of benzene rings is 1. The highest BCUT2D eigenvalue weighted by Crippen LogP contribution is 2.23. The van der Waals surface area contributed by atoms with Gasteiger partial charge in [0, 0.05) is 45.9 Å². The van der Waals surface area contributed by atoms with Crippen molar-refractivity contribution in [2.24, 2.45) is 10.9 Å². The van der Waals surface area contributed by atoms with E-state index in [0.717, 1.165) is 12.0 Å².